The van der Waals surface area contributed by atoms with E-state index < -0.39 is 6.10 Å². The topological polar surface area (TPSA) is 62.0 Å². The quantitative estimate of drug-likeness (QED) is 0.325. The smallest absolute Gasteiger partial charge is 0.100 e. The fourth-order valence-electron chi connectivity index (χ4n) is 0.428. The molecule has 0 spiro atoms. The van der Waals surface area contributed by atoms with Gasteiger partial charge in [0.15, 0.2) is 0 Å². The van der Waals surface area contributed by atoms with Gasteiger partial charge >= 0.3 is 0 Å². The highest BCUT2D eigenvalue weighted by molar-refractivity contribution is 7.78. The van der Waals surface area contributed by atoms with Crippen molar-refractivity contribution >= 4 is 17.4 Å². The highest BCUT2D eigenvalue weighted by atomic mass is 32.1. The lowest BCUT2D eigenvalue weighted by atomic mass is 10.4. The van der Waals surface area contributed by atoms with Gasteiger partial charge in [0.25, 0.3) is 0 Å². The molecule has 1 atom stereocenters. The molecule has 5 heteroatoms. The highest BCUT2D eigenvalue weighted by Gasteiger charge is 1.99. The monoisotopic (exact) mass is 177 g/mol. The molecule has 0 unspecified atom stereocenters. The second-order valence-corrected chi connectivity index (χ2v) is 2.07. The molecule has 0 amide bonds. The standard InChI is InChI=1S/C6H11NO3S/c8-3-6(9)4-10-2-1-7-5-11/h6,8-9H,1-4H2/t6-/m1/s1. The zero-order valence-electron chi connectivity index (χ0n) is 6.06. The fraction of sp³-hybridized carbons (Fsp3) is 0.833. The largest absolute Gasteiger partial charge is 0.394 e. The third-order valence-electron chi connectivity index (χ3n) is 0.933. The van der Waals surface area contributed by atoms with E-state index in [-0.39, 0.29) is 13.2 Å². The molecule has 0 rings (SSSR count). The van der Waals surface area contributed by atoms with Crippen molar-refractivity contribution in [1.29, 1.82) is 0 Å². The van der Waals surface area contributed by atoms with Crippen molar-refractivity contribution in [3.8, 4) is 0 Å². The van der Waals surface area contributed by atoms with E-state index in [0.29, 0.717) is 13.2 Å². The summed E-state index contributed by atoms with van der Waals surface area (Å²) in [7, 11) is 0. The average molecular weight is 177 g/mol. The van der Waals surface area contributed by atoms with Gasteiger partial charge in [-0.05, 0) is 12.2 Å². The normalized spacial score (nSPS) is 12.2. The Morgan fingerprint density at radius 1 is 1.64 bits per heavy atom. The van der Waals surface area contributed by atoms with Crippen molar-refractivity contribution in [2.75, 3.05) is 26.4 Å². The van der Waals surface area contributed by atoms with Crippen LogP contribution >= 0.6 is 12.2 Å². The van der Waals surface area contributed by atoms with Gasteiger partial charge in [0.2, 0.25) is 0 Å². The third kappa shape index (κ3) is 7.58. The number of hydrogen-bond acceptors (Lipinski definition) is 5. The summed E-state index contributed by atoms with van der Waals surface area (Å²) in [6, 6.07) is 0. The molecule has 0 saturated heterocycles. The van der Waals surface area contributed by atoms with Gasteiger partial charge in [0.05, 0.1) is 31.5 Å². The van der Waals surface area contributed by atoms with Gasteiger partial charge in [-0.2, -0.15) is 0 Å². The Labute approximate surface area is 70.5 Å². The first-order valence-electron chi connectivity index (χ1n) is 3.21. The van der Waals surface area contributed by atoms with Crippen LogP contribution in [0.3, 0.4) is 0 Å². The Balaban J connectivity index is 3.07. The first-order chi connectivity index (χ1) is 5.31. The molecule has 0 aliphatic rings. The second-order valence-electron chi connectivity index (χ2n) is 1.88. The Morgan fingerprint density at radius 3 is 2.91 bits per heavy atom. The molecule has 0 aromatic carbocycles. The van der Waals surface area contributed by atoms with Crippen molar-refractivity contribution < 1.29 is 14.9 Å². The summed E-state index contributed by atoms with van der Waals surface area (Å²) in [6.45, 7) is 0.683. The van der Waals surface area contributed by atoms with Crippen molar-refractivity contribution in [2.45, 2.75) is 6.10 Å². The van der Waals surface area contributed by atoms with Crippen LogP contribution in [0.4, 0.5) is 0 Å². The number of nitrogens with zero attached hydrogens (tertiary/aromatic N) is 1. The molecule has 2 N–H and O–H groups in total. The molecule has 0 fully saturated rings. The maximum absolute atomic E-state index is 8.77. The van der Waals surface area contributed by atoms with Crippen LogP contribution in [0, 0.1) is 0 Å². The van der Waals surface area contributed by atoms with Crippen LogP contribution in [0.25, 0.3) is 0 Å². The highest BCUT2D eigenvalue weighted by Crippen LogP contribution is 1.83. The van der Waals surface area contributed by atoms with Crippen LogP contribution in [0.2, 0.25) is 0 Å². The third-order valence-corrected chi connectivity index (χ3v) is 1.06. The number of aliphatic imine (C=N–C) groups is 1. The van der Waals surface area contributed by atoms with Gasteiger partial charge in [-0.1, -0.05) is 0 Å². The van der Waals surface area contributed by atoms with E-state index in [1.54, 1.807) is 0 Å². The molecule has 64 valence electrons. The summed E-state index contributed by atoms with van der Waals surface area (Å²) < 4.78 is 4.90. The van der Waals surface area contributed by atoms with Crippen molar-refractivity contribution in [3.63, 3.8) is 0 Å². The number of aliphatic hydroxyl groups is 2. The van der Waals surface area contributed by atoms with E-state index in [0.717, 1.165) is 0 Å². The van der Waals surface area contributed by atoms with E-state index in [2.05, 4.69) is 22.4 Å². The molecule has 0 bridgehead atoms. The van der Waals surface area contributed by atoms with Gasteiger partial charge in [0, 0.05) is 0 Å². The molecule has 0 aromatic heterocycles. The van der Waals surface area contributed by atoms with E-state index in [1.165, 1.54) is 0 Å². The summed E-state index contributed by atoms with van der Waals surface area (Å²) in [5.74, 6) is 0. The Morgan fingerprint density at radius 2 is 2.36 bits per heavy atom. The van der Waals surface area contributed by atoms with Gasteiger partial charge < -0.3 is 14.9 Å². The molecule has 0 heterocycles. The summed E-state index contributed by atoms with van der Waals surface area (Å²) in [5.41, 5.74) is 0. The number of isothiocyanates is 1. The fourth-order valence-corrected chi connectivity index (χ4v) is 0.519. The summed E-state index contributed by atoms with van der Waals surface area (Å²) in [6.07, 6.45) is -0.800. The van der Waals surface area contributed by atoms with Crippen LogP contribution in [0.5, 0.6) is 0 Å². The van der Waals surface area contributed by atoms with Gasteiger partial charge in [-0.3, -0.25) is 0 Å². The maximum atomic E-state index is 8.77. The van der Waals surface area contributed by atoms with Crippen LogP contribution < -0.4 is 0 Å². The molecule has 4 nitrogen and oxygen atoms in total. The van der Waals surface area contributed by atoms with Gasteiger partial charge in [-0.15, -0.1) is 0 Å². The van der Waals surface area contributed by atoms with Crippen LogP contribution in [0.1, 0.15) is 0 Å². The van der Waals surface area contributed by atoms with E-state index in [4.69, 9.17) is 14.9 Å². The summed E-state index contributed by atoms with van der Waals surface area (Å²) in [5, 5.41) is 19.3. The predicted octanol–water partition coefficient (Wildman–Crippen LogP) is -0.541. The number of thiocarbonyl (C=S) groups is 1. The summed E-state index contributed by atoms with van der Waals surface area (Å²) in [4.78, 5) is 3.59. The lowest BCUT2D eigenvalue weighted by molar-refractivity contribution is 0.00884. The Bertz CT molecular complexity index is 136. The average Bonchev–Trinajstić information content (AvgIpc) is 2.04. The lowest BCUT2D eigenvalue weighted by Crippen LogP contribution is -2.20. The van der Waals surface area contributed by atoms with Crippen LogP contribution in [-0.4, -0.2) is 47.8 Å². The number of rotatable bonds is 6. The molecule has 0 saturated carbocycles. The van der Waals surface area contributed by atoms with Crippen molar-refractivity contribution in [2.24, 2.45) is 4.99 Å². The Hall–Kier alpha value is -0.320. The minimum absolute atomic E-state index is 0.128. The molecule has 0 aromatic rings. The number of aliphatic hydroxyl groups excluding tert-OH is 2. The van der Waals surface area contributed by atoms with Crippen molar-refractivity contribution in [1.82, 2.24) is 0 Å². The second kappa shape index (κ2) is 7.78. The summed E-state index contributed by atoms with van der Waals surface area (Å²) >= 11 is 4.31. The molecule has 0 aliphatic heterocycles. The Kier molecular flexibility index (Phi) is 7.56. The minimum Gasteiger partial charge on any atom is -0.394 e. The number of hydrogen-bond donors (Lipinski definition) is 2. The first kappa shape index (κ1) is 10.7. The van der Waals surface area contributed by atoms with Crippen LogP contribution in [-0.2, 0) is 4.74 Å². The molecule has 11 heavy (non-hydrogen) atoms. The van der Waals surface area contributed by atoms with E-state index in [9.17, 15) is 0 Å². The van der Waals surface area contributed by atoms with Gasteiger partial charge in [-0.25, -0.2) is 4.99 Å². The molecule has 0 aliphatic carbocycles. The maximum Gasteiger partial charge on any atom is 0.100 e. The zero-order valence-corrected chi connectivity index (χ0v) is 6.88. The number of ether oxygens (including phenoxy) is 1. The van der Waals surface area contributed by atoms with Gasteiger partial charge in [0.1, 0.15) is 6.10 Å². The first-order valence-corrected chi connectivity index (χ1v) is 3.62. The molecule has 0 radical (unpaired) electrons. The zero-order chi connectivity index (χ0) is 8.53. The SMILES string of the molecule is OC[C@@H](O)COCCN=C=S. The molecular weight excluding hydrogens is 166 g/mol. The van der Waals surface area contributed by atoms with E-state index in [1.807, 2.05) is 0 Å². The van der Waals surface area contributed by atoms with Crippen LogP contribution in [0.15, 0.2) is 4.99 Å². The van der Waals surface area contributed by atoms with Crippen molar-refractivity contribution in [3.05, 3.63) is 0 Å². The van der Waals surface area contributed by atoms with E-state index >= 15 is 0 Å². The molecular formula is C6H11NO3S. The lowest BCUT2D eigenvalue weighted by Gasteiger charge is -2.05. The predicted molar refractivity (Wildman–Crippen MR) is 43.8 cm³/mol. The minimum atomic E-state index is -0.800.